The summed E-state index contributed by atoms with van der Waals surface area (Å²) in [6.07, 6.45) is 1.62. The molecule has 2 rings (SSSR count). The number of carboxylic acid groups (broad SMARTS) is 1. The van der Waals surface area contributed by atoms with Crippen LogP contribution in [0.5, 0.6) is 0 Å². The average molecular weight is 244 g/mol. The fourth-order valence-electron chi connectivity index (χ4n) is 1.72. The van der Waals surface area contributed by atoms with Crippen LogP contribution in [0, 0.1) is 24.1 Å². The number of nitriles is 1. The zero-order valence-corrected chi connectivity index (χ0v) is 9.51. The van der Waals surface area contributed by atoms with Gasteiger partial charge in [-0.1, -0.05) is 0 Å². The van der Waals surface area contributed by atoms with Crippen molar-refractivity contribution in [1.29, 1.82) is 5.26 Å². The fraction of sp³-hybridized carbons (Fsp3) is 0.0769. The molecule has 0 saturated heterocycles. The van der Waals surface area contributed by atoms with Crippen LogP contribution in [0.1, 0.15) is 21.6 Å². The molecule has 0 radical (unpaired) electrons. The van der Waals surface area contributed by atoms with Crippen LogP contribution in [0.4, 0.5) is 4.39 Å². The highest BCUT2D eigenvalue weighted by atomic mass is 19.1. The molecule has 0 amide bonds. The molecule has 0 unspecified atom stereocenters. The number of aromatic nitrogens is 1. The van der Waals surface area contributed by atoms with Gasteiger partial charge >= 0.3 is 5.97 Å². The number of benzene rings is 1. The number of halogens is 1. The molecule has 1 N–H and O–H groups in total. The van der Waals surface area contributed by atoms with Gasteiger partial charge in [0.2, 0.25) is 0 Å². The molecule has 0 saturated carbocycles. The Labute approximate surface area is 103 Å². The number of aryl methyl sites for hydroxylation is 1. The molecule has 0 aliphatic heterocycles. The van der Waals surface area contributed by atoms with E-state index in [4.69, 9.17) is 10.4 Å². The Bertz CT molecular complexity index is 668. The smallest absolute Gasteiger partial charge is 0.352 e. The molecule has 5 heteroatoms. The summed E-state index contributed by atoms with van der Waals surface area (Å²) in [6, 6.07) is 7.14. The highest BCUT2D eigenvalue weighted by Gasteiger charge is 2.13. The van der Waals surface area contributed by atoms with E-state index in [2.05, 4.69) is 0 Å². The Balaban J connectivity index is 2.62. The summed E-state index contributed by atoms with van der Waals surface area (Å²) in [5.41, 5.74) is 1.17. The van der Waals surface area contributed by atoms with Crippen LogP contribution in [0.25, 0.3) is 5.69 Å². The van der Waals surface area contributed by atoms with Crippen LogP contribution in [0.3, 0.4) is 0 Å². The third-order valence-corrected chi connectivity index (χ3v) is 2.52. The van der Waals surface area contributed by atoms with Crippen LogP contribution in [0.15, 0.2) is 30.5 Å². The zero-order valence-electron chi connectivity index (χ0n) is 9.51. The second kappa shape index (κ2) is 4.34. The number of hydrogen-bond acceptors (Lipinski definition) is 2. The Morgan fingerprint density at radius 2 is 2.17 bits per heavy atom. The molecular formula is C13H9FN2O2. The summed E-state index contributed by atoms with van der Waals surface area (Å²) < 4.78 is 14.6. The van der Waals surface area contributed by atoms with Crippen molar-refractivity contribution in [1.82, 2.24) is 4.57 Å². The van der Waals surface area contributed by atoms with E-state index in [0.717, 1.165) is 11.6 Å². The molecule has 4 nitrogen and oxygen atoms in total. The van der Waals surface area contributed by atoms with E-state index in [1.807, 2.05) is 0 Å². The summed E-state index contributed by atoms with van der Waals surface area (Å²) in [6.45, 7) is 1.76. The molecule has 90 valence electrons. The van der Waals surface area contributed by atoms with Gasteiger partial charge in [-0.2, -0.15) is 5.26 Å². The lowest BCUT2D eigenvalue weighted by Crippen LogP contribution is -2.06. The van der Waals surface area contributed by atoms with Gasteiger partial charge in [-0.3, -0.25) is 0 Å². The first-order valence-electron chi connectivity index (χ1n) is 5.15. The summed E-state index contributed by atoms with van der Waals surface area (Å²) in [5.74, 6) is -1.70. The van der Waals surface area contributed by atoms with Gasteiger partial charge in [0.15, 0.2) is 0 Å². The van der Waals surface area contributed by atoms with Gasteiger partial charge in [0.25, 0.3) is 0 Å². The van der Waals surface area contributed by atoms with Crippen LogP contribution in [0.2, 0.25) is 0 Å². The minimum Gasteiger partial charge on any atom is -0.477 e. The van der Waals surface area contributed by atoms with Crippen molar-refractivity contribution in [2.45, 2.75) is 6.92 Å². The van der Waals surface area contributed by atoms with Gasteiger partial charge in [-0.05, 0) is 36.8 Å². The summed E-state index contributed by atoms with van der Waals surface area (Å²) in [7, 11) is 0. The number of carboxylic acids is 1. The number of rotatable bonds is 2. The molecule has 1 heterocycles. The summed E-state index contributed by atoms with van der Waals surface area (Å²) >= 11 is 0. The van der Waals surface area contributed by atoms with Gasteiger partial charge in [-0.25, -0.2) is 9.18 Å². The summed E-state index contributed by atoms with van der Waals surface area (Å²) in [5, 5.41) is 17.8. The van der Waals surface area contributed by atoms with E-state index < -0.39 is 11.8 Å². The van der Waals surface area contributed by atoms with Crippen LogP contribution in [-0.2, 0) is 0 Å². The minimum atomic E-state index is -1.08. The topological polar surface area (TPSA) is 66.0 Å². The van der Waals surface area contributed by atoms with Crippen LogP contribution < -0.4 is 0 Å². The highest BCUT2D eigenvalue weighted by Crippen LogP contribution is 2.18. The highest BCUT2D eigenvalue weighted by molar-refractivity contribution is 5.87. The van der Waals surface area contributed by atoms with Gasteiger partial charge in [0, 0.05) is 11.9 Å². The number of hydrogen-bond donors (Lipinski definition) is 1. The molecule has 0 atom stereocenters. The van der Waals surface area contributed by atoms with Gasteiger partial charge in [0.1, 0.15) is 17.6 Å². The SMILES string of the molecule is Cc1cc(C(=O)O)n(-c2ccc(F)c(C#N)c2)c1. The molecule has 2 aromatic rings. The van der Waals surface area contributed by atoms with E-state index in [1.165, 1.54) is 22.8 Å². The van der Waals surface area contributed by atoms with E-state index in [9.17, 15) is 9.18 Å². The van der Waals surface area contributed by atoms with Crippen molar-refractivity contribution in [3.05, 3.63) is 53.1 Å². The molecule has 0 bridgehead atoms. The first kappa shape index (κ1) is 11.9. The van der Waals surface area contributed by atoms with Crippen molar-refractivity contribution in [3.63, 3.8) is 0 Å². The molecule has 1 aromatic carbocycles. The molecule has 0 aliphatic carbocycles. The van der Waals surface area contributed by atoms with Crippen molar-refractivity contribution in [2.75, 3.05) is 0 Å². The van der Waals surface area contributed by atoms with Crippen molar-refractivity contribution < 1.29 is 14.3 Å². The third kappa shape index (κ3) is 1.96. The second-order valence-corrected chi connectivity index (χ2v) is 3.85. The average Bonchev–Trinajstić information content (AvgIpc) is 2.72. The minimum absolute atomic E-state index is 0.0722. The quantitative estimate of drug-likeness (QED) is 0.882. The molecule has 1 aromatic heterocycles. The molecular weight excluding hydrogens is 235 g/mol. The standard InChI is InChI=1S/C13H9FN2O2/c1-8-4-12(13(17)18)16(7-8)10-2-3-11(14)9(5-10)6-15/h2-5,7H,1H3,(H,17,18). The Hall–Kier alpha value is -2.61. The maximum Gasteiger partial charge on any atom is 0.352 e. The predicted octanol–water partition coefficient (Wildman–Crippen LogP) is 2.49. The van der Waals surface area contributed by atoms with Crippen molar-refractivity contribution in [2.24, 2.45) is 0 Å². The molecule has 0 aliphatic rings. The molecule has 0 fully saturated rings. The van der Waals surface area contributed by atoms with E-state index in [0.29, 0.717) is 5.69 Å². The summed E-state index contributed by atoms with van der Waals surface area (Å²) in [4.78, 5) is 11.1. The van der Waals surface area contributed by atoms with Crippen molar-refractivity contribution >= 4 is 5.97 Å². The maximum atomic E-state index is 13.2. The van der Waals surface area contributed by atoms with Crippen LogP contribution >= 0.6 is 0 Å². The first-order valence-corrected chi connectivity index (χ1v) is 5.15. The Kier molecular flexibility index (Phi) is 2.86. The number of carbonyl (C=O) groups is 1. The van der Waals surface area contributed by atoms with E-state index in [1.54, 1.807) is 19.2 Å². The van der Waals surface area contributed by atoms with E-state index in [-0.39, 0.29) is 11.3 Å². The molecule has 0 spiro atoms. The Morgan fingerprint density at radius 1 is 1.44 bits per heavy atom. The van der Waals surface area contributed by atoms with Gasteiger partial charge in [-0.15, -0.1) is 0 Å². The van der Waals surface area contributed by atoms with E-state index >= 15 is 0 Å². The van der Waals surface area contributed by atoms with Crippen molar-refractivity contribution in [3.8, 4) is 11.8 Å². The lowest BCUT2D eigenvalue weighted by Gasteiger charge is -2.06. The second-order valence-electron chi connectivity index (χ2n) is 3.85. The lowest BCUT2D eigenvalue weighted by atomic mass is 10.2. The zero-order chi connectivity index (χ0) is 13.3. The van der Waals surface area contributed by atoms with Crippen LogP contribution in [-0.4, -0.2) is 15.6 Å². The number of aromatic carboxylic acids is 1. The lowest BCUT2D eigenvalue weighted by molar-refractivity contribution is 0.0688. The normalized spacial score (nSPS) is 10.1. The third-order valence-electron chi connectivity index (χ3n) is 2.52. The Morgan fingerprint density at radius 3 is 2.78 bits per heavy atom. The monoisotopic (exact) mass is 244 g/mol. The largest absolute Gasteiger partial charge is 0.477 e. The first-order chi connectivity index (χ1) is 8.52. The fourth-order valence-corrected chi connectivity index (χ4v) is 1.72. The van der Waals surface area contributed by atoms with Gasteiger partial charge in [0.05, 0.1) is 5.56 Å². The maximum absolute atomic E-state index is 13.2. The number of nitrogens with zero attached hydrogens (tertiary/aromatic N) is 2. The van der Waals surface area contributed by atoms with Gasteiger partial charge < -0.3 is 9.67 Å². The molecule has 18 heavy (non-hydrogen) atoms. The predicted molar refractivity (Wildman–Crippen MR) is 62.1 cm³/mol.